The number of carbonyl (C=O) groups is 1. The van der Waals surface area contributed by atoms with Crippen molar-refractivity contribution < 1.29 is 18.3 Å². The first-order valence-corrected chi connectivity index (χ1v) is 9.02. The molecule has 111 valence electrons. The standard InChI is InChI=1S/C15H22FO3Si/c1-15(2,3)12-8-6-7-11(13(12)19-20(4)5)14(17)18-10-9-16/h6-8H,9-10H2,1-5H3. The van der Waals surface area contributed by atoms with Crippen molar-refractivity contribution >= 4 is 15.0 Å². The van der Waals surface area contributed by atoms with Gasteiger partial charge in [0.1, 0.15) is 24.6 Å². The Balaban J connectivity index is 3.25. The molecule has 0 aliphatic carbocycles. The minimum Gasteiger partial charge on any atom is -0.542 e. The van der Waals surface area contributed by atoms with E-state index in [9.17, 15) is 9.18 Å². The van der Waals surface area contributed by atoms with Crippen molar-refractivity contribution in [3.8, 4) is 5.75 Å². The van der Waals surface area contributed by atoms with Crippen molar-refractivity contribution in [2.24, 2.45) is 0 Å². The summed E-state index contributed by atoms with van der Waals surface area (Å²) in [5.41, 5.74) is 1.18. The normalized spacial score (nSPS) is 11.6. The highest BCUT2D eigenvalue weighted by atomic mass is 28.3. The first-order valence-electron chi connectivity index (χ1n) is 6.62. The van der Waals surface area contributed by atoms with E-state index in [0.29, 0.717) is 11.3 Å². The Morgan fingerprint density at radius 3 is 2.45 bits per heavy atom. The molecule has 0 fully saturated rings. The summed E-state index contributed by atoms with van der Waals surface area (Å²) in [5.74, 6) is 0.0368. The summed E-state index contributed by atoms with van der Waals surface area (Å²) in [5, 5.41) is 0. The third kappa shape index (κ3) is 4.33. The Kier molecular flexibility index (Phi) is 5.74. The number of carbonyl (C=O) groups excluding carboxylic acids is 1. The van der Waals surface area contributed by atoms with Gasteiger partial charge in [0.15, 0.2) is 0 Å². The molecule has 0 atom stereocenters. The van der Waals surface area contributed by atoms with Gasteiger partial charge in [0.25, 0.3) is 9.04 Å². The largest absolute Gasteiger partial charge is 0.542 e. The fourth-order valence-electron chi connectivity index (χ4n) is 1.81. The molecule has 0 aromatic heterocycles. The zero-order valence-electron chi connectivity index (χ0n) is 12.7. The van der Waals surface area contributed by atoms with Gasteiger partial charge in [-0.05, 0) is 30.1 Å². The summed E-state index contributed by atoms with van der Waals surface area (Å²) in [6.45, 7) is 9.27. The molecule has 0 N–H and O–H groups in total. The Bertz CT molecular complexity index is 467. The molecule has 1 rings (SSSR count). The van der Waals surface area contributed by atoms with E-state index in [-0.39, 0.29) is 12.0 Å². The SMILES string of the molecule is C[Si](C)Oc1c(C(=O)OCCF)cccc1C(C)(C)C. The molecule has 0 aliphatic rings. The van der Waals surface area contributed by atoms with Crippen LogP contribution in [-0.4, -0.2) is 28.3 Å². The van der Waals surface area contributed by atoms with E-state index < -0.39 is 21.7 Å². The third-order valence-corrected chi connectivity index (χ3v) is 3.27. The number of alkyl halides is 1. The minimum absolute atomic E-state index is 0.150. The van der Waals surface area contributed by atoms with Crippen LogP contribution in [0.3, 0.4) is 0 Å². The molecule has 0 aliphatic heterocycles. The van der Waals surface area contributed by atoms with Gasteiger partial charge >= 0.3 is 5.97 Å². The number of esters is 1. The molecule has 0 saturated heterocycles. The number of ether oxygens (including phenoxy) is 1. The summed E-state index contributed by atoms with van der Waals surface area (Å²) < 4.78 is 22.9. The van der Waals surface area contributed by atoms with E-state index >= 15 is 0 Å². The number of halogens is 1. The van der Waals surface area contributed by atoms with Crippen molar-refractivity contribution in [2.75, 3.05) is 13.3 Å². The molecular weight excluding hydrogens is 275 g/mol. The van der Waals surface area contributed by atoms with Gasteiger partial charge in [-0.3, -0.25) is 0 Å². The Labute approximate surface area is 121 Å². The molecule has 0 amide bonds. The maximum Gasteiger partial charge on any atom is 0.341 e. The van der Waals surface area contributed by atoms with Crippen LogP contribution in [0.4, 0.5) is 4.39 Å². The summed E-state index contributed by atoms with van der Waals surface area (Å²) >= 11 is 0. The molecule has 1 aromatic carbocycles. The van der Waals surface area contributed by atoms with Crippen LogP contribution in [0.25, 0.3) is 0 Å². The zero-order valence-corrected chi connectivity index (χ0v) is 13.7. The third-order valence-electron chi connectivity index (χ3n) is 2.66. The zero-order chi connectivity index (χ0) is 15.3. The maximum atomic E-state index is 12.1. The highest BCUT2D eigenvalue weighted by molar-refractivity contribution is 6.49. The quantitative estimate of drug-likeness (QED) is 0.613. The van der Waals surface area contributed by atoms with Crippen molar-refractivity contribution in [3.05, 3.63) is 29.3 Å². The van der Waals surface area contributed by atoms with E-state index in [1.165, 1.54) is 0 Å². The number of hydrogen-bond acceptors (Lipinski definition) is 3. The predicted molar refractivity (Wildman–Crippen MR) is 79.5 cm³/mol. The summed E-state index contributed by atoms with van der Waals surface area (Å²) in [6.07, 6.45) is 0. The van der Waals surface area contributed by atoms with Gasteiger partial charge in [-0.15, -0.1) is 0 Å². The molecule has 0 bridgehead atoms. The Hall–Kier alpha value is -1.36. The van der Waals surface area contributed by atoms with Crippen LogP contribution >= 0.6 is 0 Å². The topological polar surface area (TPSA) is 35.5 Å². The van der Waals surface area contributed by atoms with Gasteiger partial charge in [0, 0.05) is 0 Å². The summed E-state index contributed by atoms with van der Waals surface area (Å²) in [6, 6.07) is 5.42. The van der Waals surface area contributed by atoms with E-state index in [2.05, 4.69) is 20.8 Å². The van der Waals surface area contributed by atoms with Crippen LogP contribution in [0, 0.1) is 0 Å². The van der Waals surface area contributed by atoms with Crippen LogP contribution in [0.2, 0.25) is 13.1 Å². The number of rotatable bonds is 5. The van der Waals surface area contributed by atoms with Crippen molar-refractivity contribution in [2.45, 2.75) is 39.3 Å². The lowest BCUT2D eigenvalue weighted by atomic mass is 9.85. The van der Waals surface area contributed by atoms with Crippen LogP contribution in [0.1, 0.15) is 36.7 Å². The first kappa shape index (κ1) is 16.7. The van der Waals surface area contributed by atoms with Crippen molar-refractivity contribution in [1.82, 2.24) is 0 Å². The van der Waals surface area contributed by atoms with Crippen molar-refractivity contribution in [3.63, 3.8) is 0 Å². The highest BCUT2D eigenvalue weighted by Gasteiger charge is 2.25. The average molecular weight is 297 g/mol. The highest BCUT2D eigenvalue weighted by Crippen LogP contribution is 2.34. The predicted octanol–water partition coefficient (Wildman–Crippen LogP) is 3.74. The Morgan fingerprint density at radius 2 is 1.95 bits per heavy atom. The van der Waals surface area contributed by atoms with Gasteiger partial charge in [-0.25, -0.2) is 9.18 Å². The fourth-order valence-corrected chi connectivity index (χ4v) is 2.44. The van der Waals surface area contributed by atoms with Gasteiger partial charge in [0.05, 0.1) is 0 Å². The van der Waals surface area contributed by atoms with Gasteiger partial charge in [-0.2, -0.15) is 0 Å². The lowest BCUT2D eigenvalue weighted by molar-refractivity contribution is 0.0479. The van der Waals surface area contributed by atoms with E-state index in [0.717, 1.165) is 5.56 Å². The molecule has 20 heavy (non-hydrogen) atoms. The molecule has 0 heterocycles. The molecule has 0 unspecified atom stereocenters. The second-order valence-electron chi connectivity index (χ2n) is 5.77. The van der Waals surface area contributed by atoms with Gasteiger partial charge in [-0.1, -0.05) is 32.9 Å². The first-order chi connectivity index (χ1) is 9.27. The Morgan fingerprint density at radius 1 is 1.30 bits per heavy atom. The average Bonchev–Trinajstić information content (AvgIpc) is 2.34. The minimum atomic E-state index is -1.03. The summed E-state index contributed by atoms with van der Waals surface area (Å²) in [7, 11) is -1.03. The number of para-hydroxylation sites is 1. The molecule has 0 saturated carbocycles. The number of hydrogen-bond donors (Lipinski definition) is 0. The molecule has 0 spiro atoms. The number of benzene rings is 1. The van der Waals surface area contributed by atoms with E-state index in [1.54, 1.807) is 12.1 Å². The van der Waals surface area contributed by atoms with Gasteiger partial charge in [0.2, 0.25) is 0 Å². The van der Waals surface area contributed by atoms with Crippen LogP contribution in [-0.2, 0) is 10.2 Å². The molecular formula is C15H22FO3Si. The lowest BCUT2D eigenvalue weighted by Crippen LogP contribution is -2.21. The van der Waals surface area contributed by atoms with Crippen molar-refractivity contribution in [1.29, 1.82) is 0 Å². The van der Waals surface area contributed by atoms with E-state index in [4.69, 9.17) is 9.16 Å². The van der Waals surface area contributed by atoms with Gasteiger partial charge < -0.3 is 9.16 Å². The lowest BCUT2D eigenvalue weighted by Gasteiger charge is -2.25. The molecule has 5 heteroatoms. The van der Waals surface area contributed by atoms with E-state index in [1.807, 2.05) is 19.2 Å². The van der Waals surface area contributed by atoms with Crippen LogP contribution < -0.4 is 4.43 Å². The molecule has 1 aromatic rings. The molecule has 3 nitrogen and oxygen atoms in total. The monoisotopic (exact) mass is 297 g/mol. The second-order valence-corrected chi connectivity index (χ2v) is 7.79. The maximum absolute atomic E-state index is 12.1. The molecule has 1 radical (unpaired) electrons. The smallest absolute Gasteiger partial charge is 0.341 e. The second kappa shape index (κ2) is 6.88. The fraction of sp³-hybridized carbons (Fsp3) is 0.533. The van der Waals surface area contributed by atoms with Crippen LogP contribution in [0.5, 0.6) is 5.75 Å². The summed E-state index contributed by atoms with van der Waals surface area (Å²) in [4.78, 5) is 12.0. The van der Waals surface area contributed by atoms with Crippen LogP contribution in [0.15, 0.2) is 18.2 Å².